The molecule has 0 atom stereocenters. The molecule has 1 aliphatic rings. The van der Waals surface area contributed by atoms with Gasteiger partial charge in [0.2, 0.25) is 0 Å². The van der Waals surface area contributed by atoms with Gasteiger partial charge in [0.15, 0.2) is 5.11 Å². The van der Waals surface area contributed by atoms with Crippen molar-refractivity contribution in [3.63, 3.8) is 0 Å². The molecule has 0 spiro atoms. The topological polar surface area (TPSA) is 58.6 Å². The summed E-state index contributed by atoms with van der Waals surface area (Å²) < 4.78 is 6.14. The number of halogens is 1. The number of methoxy groups -OCH3 is 1. The van der Waals surface area contributed by atoms with E-state index in [2.05, 4.69) is 21.2 Å². The molecule has 2 aromatic carbocycles. The maximum atomic E-state index is 13.2. The Labute approximate surface area is 171 Å². The number of carbonyl (C=O) groups excluding carboxylic acids is 2. The summed E-state index contributed by atoms with van der Waals surface area (Å²) in [7, 11) is 1.53. The zero-order chi connectivity index (χ0) is 19.7. The Morgan fingerprint density at radius 2 is 1.93 bits per heavy atom. The van der Waals surface area contributed by atoms with Crippen molar-refractivity contribution in [2.24, 2.45) is 0 Å². The first-order valence-corrected chi connectivity index (χ1v) is 9.35. The Morgan fingerprint density at radius 3 is 2.63 bits per heavy atom. The van der Waals surface area contributed by atoms with E-state index in [4.69, 9.17) is 17.0 Å². The zero-order valence-corrected chi connectivity index (χ0v) is 17.4. The third-order valence-electron chi connectivity index (χ3n) is 4.41. The summed E-state index contributed by atoms with van der Waals surface area (Å²) in [5, 5.41) is 2.67. The van der Waals surface area contributed by atoms with E-state index in [0.717, 1.165) is 15.6 Å². The highest BCUT2D eigenvalue weighted by Crippen LogP contribution is 2.29. The van der Waals surface area contributed by atoms with Gasteiger partial charge in [-0.05, 0) is 67.5 Å². The summed E-state index contributed by atoms with van der Waals surface area (Å²) >= 11 is 8.66. The largest absolute Gasteiger partial charge is 0.496 e. The van der Waals surface area contributed by atoms with Gasteiger partial charge >= 0.3 is 0 Å². The number of benzene rings is 2. The van der Waals surface area contributed by atoms with Gasteiger partial charge in [0.05, 0.1) is 12.8 Å². The molecule has 27 heavy (non-hydrogen) atoms. The predicted octanol–water partition coefficient (Wildman–Crippen LogP) is 3.91. The van der Waals surface area contributed by atoms with Crippen molar-refractivity contribution >= 4 is 56.8 Å². The minimum atomic E-state index is -0.534. The van der Waals surface area contributed by atoms with Crippen molar-refractivity contribution in [1.29, 1.82) is 0 Å². The number of thiocarbonyl (C=S) groups is 1. The van der Waals surface area contributed by atoms with Crippen molar-refractivity contribution in [2.45, 2.75) is 13.8 Å². The van der Waals surface area contributed by atoms with Crippen LogP contribution in [0.4, 0.5) is 5.69 Å². The average Bonchev–Trinajstić information content (AvgIpc) is 2.62. The second-order valence-electron chi connectivity index (χ2n) is 6.06. The number of hydrogen-bond donors (Lipinski definition) is 1. The molecule has 5 nitrogen and oxygen atoms in total. The maximum Gasteiger partial charge on any atom is 0.270 e. The van der Waals surface area contributed by atoms with E-state index in [1.54, 1.807) is 18.2 Å². The number of carbonyl (C=O) groups is 2. The van der Waals surface area contributed by atoms with Crippen LogP contribution in [-0.4, -0.2) is 24.0 Å². The van der Waals surface area contributed by atoms with Crippen LogP contribution in [0.3, 0.4) is 0 Å². The molecule has 0 aliphatic carbocycles. The minimum Gasteiger partial charge on any atom is -0.496 e. The predicted molar refractivity (Wildman–Crippen MR) is 113 cm³/mol. The minimum absolute atomic E-state index is 0.0130. The normalized spacial score (nSPS) is 15.9. The smallest absolute Gasteiger partial charge is 0.270 e. The van der Waals surface area contributed by atoms with Crippen LogP contribution in [0.25, 0.3) is 6.08 Å². The SMILES string of the molecule is COc1ccc(Br)cc1/C=C1\C(=O)NC(=S)N(c2cccc(C)c2C)C1=O. The molecule has 2 aromatic rings. The summed E-state index contributed by atoms with van der Waals surface area (Å²) in [6.07, 6.45) is 1.52. The highest BCUT2D eigenvalue weighted by atomic mass is 79.9. The van der Waals surface area contributed by atoms with Crippen molar-refractivity contribution < 1.29 is 14.3 Å². The van der Waals surface area contributed by atoms with Crippen LogP contribution in [0.5, 0.6) is 5.75 Å². The molecule has 3 rings (SSSR count). The molecule has 1 N–H and O–H groups in total. The van der Waals surface area contributed by atoms with Gasteiger partial charge in [-0.3, -0.25) is 19.8 Å². The first-order chi connectivity index (χ1) is 12.8. The number of anilines is 1. The highest BCUT2D eigenvalue weighted by Gasteiger charge is 2.35. The van der Waals surface area contributed by atoms with Crippen LogP contribution in [-0.2, 0) is 9.59 Å². The van der Waals surface area contributed by atoms with Crippen LogP contribution in [0, 0.1) is 13.8 Å². The van der Waals surface area contributed by atoms with E-state index < -0.39 is 11.8 Å². The Bertz CT molecular complexity index is 1000. The fraction of sp³-hybridized carbons (Fsp3) is 0.150. The summed E-state index contributed by atoms with van der Waals surface area (Å²) in [5.41, 5.74) is 3.19. The molecule has 0 aromatic heterocycles. The summed E-state index contributed by atoms with van der Waals surface area (Å²) in [5.74, 6) is -0.453. The van der Waals surface area contributed by atoms with Gasteiger partial charge in [-0.1, -0.05) is 28.1 Å². The molecular formula is C20H17BrN2O3S. The molecule has 1 aliphatic heterocycles. The van der Waals surface area contributed by atoms with Gasteiger partial charge in [0.1, 0.15) is 11.3 Å². The second-order valence-corrected chi connectivity index (χ2v) is 7.37. The van der Waals surface area contributed by atoms with Crippen molar-refractivity contribution in [3.8, 4) is 5.75 Å². The van der Waals surface area contributed by atoms with Gasteiger partial charge in [0, 0.05) is 10.0 Å². The molecule has 0 saturated carbocycles. The Morgan fingerprint density at radius 1 is 1.19 bits per heavy atom. The van der Waals surface area contributed by atoms with E-state index in [-0.39, 0.29) is 10.7 Å². The molecule has 0 bridgehead atoms. The third-order valence-corrected chi connectivity index (χ3v) is 5.19. The average molecular weight is 445 g/mol. The van der Waals surface area contributed by atoms with Crippen LogP contribution in [0.15, 0.2) is 46.4 Å². The van der Waals surface area contributed by atoms with Crippen LogP contribution in [0.1, 0.15) is 16.7 Å². The van der Waals surface area contributed by atoms with Gasteiger partial charge in [0.25, 0.3) is 11.8 Å². The fourth-order valence-corrected chi connectivity index (χ4v) is 3.48. The van der Waals surface area contributed by atoms with Crippen LogP contribution >= 0.6 is 28.1 Å². The number of rotatable bonds is 3. The van der Waals surface area contributed by atoms with Gasteiger partial charge in [-0.15, -0.1) is 0 Å². The summed E-state index contributed by atoms with van der Waals surface area (Å²) in [6.45, 7) is 3.87. The lowest BCUT2D eigenvalue weighted by Crippen LogP contribution is -2.54. The standard InChI is InChI=1S/C20H17BrN2O3S/c1-11-5-4-6-16(12(11)2)23-19(25)15(18(24)22-20(23)27)10-13-9-14(21)7-8-17(13)26-3/h4-10H,1-3H3,(H,22,24,27)/b15-10+. The fourth-order valence-electron chi connectivity index (χ4n) is 2.83. The lowest BCUT2D eigenvalue weighted by atomic mass is 10.0. The van der Waals surface area contributed by atoms with Crippen LogP contribution < -0.4 is 15.0 Å². The molecule has 2 amide bonds. The molecule has 1 fully saturated rings. The van der Waals surface area contributed by atoms with Crippen molar-refractivity contribution in [2.75, 3.05) is 12.0 Å². The lowest BCUT2D eigenvalue weighted by Gasteiger charge is -2.30. The first kappa shape index (κ1) is 19.3. The van der Waals surface area contributed by atoms with Crippen LogP contribution in [0.2, 0.25) is 0 Å². The molecule has 0 radical (unpaired) electrons. The van der Waals surface area contributed by atoms with Gasteiger partial charge < -0.3 is 4.74 Å². The Kier molecular flexibility index (Phi) is 5.43. The Hall–Kier alpha value is -2.51. The summed E-state index contributed by atoms with van der Waals surface area (Å²) in [4.78, 5) is 27.0. The summed E-state index contributed by atoms with van der Waals surface area (Å²) in [6, 6.07) is 11.0. The molecular weight excluding hydrogens is 428 g/mol. The van der Waals surface area contributed by atoms with E-state index in [0.29, 0.717) is 17.0 Å². The molecule has 1 heterocycles. The Balaban J connectivity index is 2.11. The number of ether oxygens (including phenoxy) is 1. The van der Waals surface area contributed by atoms with Crippen molar-refractivity contribution in [3.05, 3.63) is 63.1 Å². The van der Waals surface area contributed by atoms with Crippen molar-refractivity contribution in [1.82, 2.24) is 5.32 Å². The first-order valence-electron chi connectivity index (χ1n) is 8.14. The number of nitrogens with zero attached hydrogens (tertiary/aromatic N) is 1. The van der Waals surface area contributed by atoms with E-state index in [1.165, 1.54) is 18.1 Å². The molecule has 0 unspecified atom stereocenters. The number of aryl methyl sites for hydroxylation is 1. The molecule has 138 valence electrons. The molecule has 7 heteroatoms. The number of nitrogens with one attached hydrogen (secondary N) is 1. The maximum absolute atomic E-state index is 13.2. The monoisotopic (exact) mass is 444 g/mol. The van der Waals surface area contributed by atoms with E-state index >= 15 is 0 Å². The van der Waals surface area contributed by atoms with E-state index in [1.807, 2.05) is 32.0 Å². The van der Waals surface area contributed by atoms with Gasteiger partial charge in [-0.25, -0.2) is 0 Å². The quantitative estimate of drug-likeness (QED) is 0.442. The second kappa shape index (κ2) is 7.62. The highest BCUT2D eigenvalue weighted by molar-refractivity contribution is 9.10. The van der Waals surface area contributed by atoms with E-state index in [9.17, 15) is 9.59 Å². The third kappa shape index (κ3) is 3.65. The zero-order valence-electron chi connectivity index (χ0n) is 15.0. The van der Waals surface area contributed by atoms with Gasteiger partial charge in [-0.2, -0.15) is 0 Å². The number of amides is 2. The molecule has 1 saturated heterocycles. The lowest BCUT2D eigenvalue weighted by molar-refractivity contribution is -0.122. The number of hydrogen-bond acceptors (Lipinski definition) is 4.